The van der Waals surface area contributed by atoms with Gasteiger partial charge in [-0.2, -0.15) is 0 Å². The van der Waals surface area contributed by atoms with Gasteiger partial charge < -0.3 is 4.42 Å². The lowest BCUT2D eigenvalue weighted by Crippen LogP contribution is -2.29. The lowest BCUT2D eigenvalue weighted by Gasteiger charge is -1.98. The van der Waals surface area contributed by atoms with Crippen LogP contribution in [0.4, 0.5) is 0 Å². The van der Waals surface area contributed by atoms with Crippen molar-refractivity contribution in [2.45, 2.75) is 34.6 Å². The normalized spacial score (nSPS) is 9.00. The molecule has 2 heterocycles. The van der Waals surface area contributed by atoms with Crippen molar-refractivity contribution in [3.8, 4) is 0 Å². The van der Waals surface area contributed by atoms with Gasteiger partial charge in [-0.25, -0.2) is 14.3 Å². The molecule has 0 aliphatic heterocycles. The van der Waals surface area contributed by atoms with Crippen LogP contribution < -0.4 is 11.3 Å². The summed E-state index contributed by atoms with van der Waals surface area (Å²) in [5, 5.41) is 0.326. The Bertz CT molecular complexity index is 612. The maximum Gasteiger partial charge on any atom is 0.423 e. The Morgan fingerprint density at radius 2 is 1.72 bits per heavy atom. The molecule has 0 saturated carbocycles. The molecule has 5 nitrogen and oxygen atoms in total. The number of pyridine rings is 1. The molecule has 0 unspecified atom stereocenters. The summed E-state index contributed by atoms with van der Waals surface area (Å²) in [5.41, 5.74) is 0.555. The van der Waals surface area contributed by atoms with Crippen LogP contribution in [-0.4, -0.2) is 9.55 Å². The zero-order chi connectivity index (χ0) is 14.3. The number of aryl methyl sites for hydroxylation is 1. The van der Waals surface area contributed by atoms with Crippen LogP contribution >= 0.6 is 0 Å². The molecule has 0 atom stereocenters. The molecule has 0 N–H and O–H groups in total. The Morgan fingerprint density at radius 3 is 2.28 bits per heavy atom. The van der Waals surface area contributed by atoms with Crippen molar-refractivity contribution in [1.82, 2.24) is 9.55 Å². The van der Waals surface area contributed by atoms with Crippen LogP contribution in [0.3, 0.4) is 0 Å². The van der Waals surface area contributed by atoms with E-state index in [1.54, 1.807) is 12.3 Å². The van der Waals surface area contributed by atoms with Gasteiger partial charge in [0.25, 0.3) is 5.56 Å². The van der Waals surface area contributed by atoms with E-state index in [1.807, 2.05) is 34.6 Å². The fourth-order valence-electron chi connectivity index (χ4n) is 1.21. The van der Waals surface area contributed by atoms with E-state index in [4.69, 9.17) is 4.42 Å². The minimum absolute atomic E-state index is 0.0868. The molecule has 18 heavy (non-hydrogen) atoms. The molecule has 0 saturated heterocycles. The van der Waals surface area contributed by atoms with Gasteiger partial charge in [-0.05, 0) is 18.6 Å². The van der Waals surface area contributed by atoms with Crippen molar-refractivity contribution in [3.05, 3.63) is 38.7 Å². The Labute approximate surface area is 106 Å². The minimum Gasteiger partial charge on any atom is -0.390 e. The second-order valence-corrected chi connectivity index (χ2v) is 3.10. The van der Waals surface area contributed by atoms with E-state index in [0.717, 1.165) is 10.1 Å². The van der Waals surface area contributed by atoms with E-state index >= 15 is 0 Å². The summed E-state index contributed by atoms with van der Waals surface area (Å²) in [6.45, 7) is 9.82. The molecule has 0 bridgehead atoms. The lowest BCUT2D eigenvalue weighted by atomic mass is 10.2. The molecule has 0 radical (unpaired) electrons. The molecule has 0 spiro atoms. The predicted octanol–water partition coefficient (Wildman–Crippen LogP) is 2.25. The maximum atomic E-state index is 11.6. The highest BCUT2D eigenvalue weighted by molar-refractivity contribution is 5.71. The van der Waals surface area contributed by atoms with Gasteiger partial charge in [-0.15, -0.1) is 0 Å². The van der Waals surface area contributed by atoms with E-state index in [2.05, 4.69) is 4.98 Å². The van der Waals surface area contributed by atoms with Crippen LogP contribution in [0.2, 0.25) is 0 Å². The van der Waals surface area contributed by atoms with Crippen molar-refractivity contribution < 1.29 is 4.42 Å². The first-order chi connectivity index (χ1) is 8.59. The van der Waals surface area contributed by atoms with E-state index in [1.165, 1.54) is 7.05 Å². The molecule has 2 rings (SSSR count). The van der Waals surface area contributed by atoms with Crippen molar-refractivity contribution in [3.63, 3.8) is 0 Å². The predicted molar refractivity (Wildman–Crippen MR) is 73.0 cm³/mol. The van der Waals surface area contributed by atoms with Gasteiger partial charge in [-0.3, -0.25) is 4.79 Å². The minimum atomic E-state index is -0.696. The van der Waals surface area contributed by atoms with Crippen LogP contribution in [0.15, 0.2) is 26.3 Å². The highest BCUT2D eigenvalue weighted by Gasteiger charge is 2.06. The average molecular weight is 252 g/mol. The smallest absolute Gasteiger partial charge is 0.390 e. The van der Waals surface area contributed by atoms with Crippen LogP contribution in [0, 0.1) is 6.92 Å². The molecule has 100 valence electrons. The lowest BCUT2D eigenvalue weighted by molar-refractivity contribution is 0.476. The Hall–Kier alpha value is -1.91. The number of nitrogens with zero attached hydrogens (tertiary/aromatic N) is 2. The fourth-order valence-corrected chi connectivity index (χ4v) is 1.21. The molecule has 2 aromatic rings. The third-order valence-electron chi connectivity index (χ3n) is 1.98. The third kappa shape index (κ3) is 3.29. The van der Waals surface area contributed by atoms with E-state index in [0.29, 0.717) is 5.39 Å². The standard InChI is InChI=1S/C9H8N2O3.2C2H6/c1-5-3-6-7(10-4-5)14-9(13)11(2)8(6)12;2*1-2/h3-4H,1-2H3;2*1-2H3. The summed E-state index contributed by atoms with van der Waals surface area (Å²) in [7, 11) is 1.37. The second kappa shape index (κ2) is 7.42. The second-order valence-electron chi connectivity index (χ2n) is 3.10. The Morgan fingerprint density at radius 1 is 1.17 bits per heavy atom. The monoisotopic (exact) mass is 252 g/mol. The average Bonchev–Trinajstić information content (AvgIpc) is 2.42. The quantitative estimate of drug-likeness (QED) is 0.721. The van der Waals surface area contributed by atoms with Crippen LogP contribution in [0.5, 0.6) is 0 Å². The summed E-state index contributed by atoms with van der Waals surface area (Å²) >= 11 is 0. The third-order valence-corrected chi connectivity index (χ3v) is 1.98. The Balaban J connectivity index is 0.000000659. The fraction of sp³-hybridized carbons (Fsp3) is 0.462. The number of fused-ring (bicyclic) bond motifs is 1. The highest BCUT2D eigenvalue weighted by atomic mass is 16.4. The zero-order valence-corrected chi connectivity index (χ0v) is 11.8. The first kappa shape index (κ1) is 16.1. The first-order valence-corrected chi connectivity index (χ1v) is 6.06. The number of rotatable bonds is 0. The van der Waals surface area contributed by atoms with Crippen LogP contribution in [0.25, 0.3) is 11.1 Å². The maximum absolute atomic E-state index is 11.6. The van der Waals surface area contributed by atoms with E-state index < -0.39 is 5.76 Å². The summed E-state index contributed by atoms with van der Waals surface area (Å²) in [6, 6.07) is 1.65. The van der Waals surface area contributed by atoms with E-state index in [-0.39, 0.29) is 11.3 Å². The molecule has 0 aromatic carbocycles. The molecule has 0 aliphatic rings. The topological polar surface area (TPSA) is 65.1 Å². The highest BCUT2D eigenvalue weighted by Crippen LogP contribution is 2.05. The molecular formula is C13H20N2O3. The van der Waals surface area contributed by atoms with Gasteiger partial charge in [0, 0.05) is 13.2 Å². The molecular weight excluding hydrogens is 232 g/mol. The van der Waals surface area contributed by atoms with Gasteiger partial charge in [-0.1, -0.05) is 27.7 Å². The molecule has 5 heteroatoms. The van der Waals surface area contributed by atoms with Crippen molar-refractivity contribution >= 4 is 11.1 Å². The summed E-state index contributed by atoms with van der Waals surface area (Å²) in [4.78, 5) is 26.5. The van der Waals surface area contributed by atoms with Gasteiger partial charge in [0.15, 0.2) is 0 Å². The van der Waals surface area contributed by atoms with Crippen molar-refractivity contribution in [1.29, 1.82) is 0 Å². The summed E-state index contributed by atoms with van der Waals surface area (Å²) in [5.74, 6) is -0.696. The van der Waals surface area contributed by atoms with E-state index in [9.17, 15) is 9.59 Å². The van der Waals surface area contributed by atoms with Crippen molar-refractivity contribution in [2.75, 3.05) is 0 Å². The molecule has 0 amide bonds. The number of aromatic nitrogens is 2. The first-order valence-electron chi connectivity index (χ1n) is 6.06. The Kier molecular flexibility index (Phi) is 6.63. The van der Waals surface area contributed by atoms with Crippen LogP contribution in [-0.2, 0) is 7.05 Å². The molecule has 2 aromatic heterocycles. The van der Waals surface area contributed by atoms with Gasteiger partial charge >= 0.3 is 5.76 Å². The summed E-state index contributed by atoms with van der Waals surface area (Å²) < 4.78 is 5.74. The largest absolute Gasteiger partial charge is 0.423 e. The molecule has 0 aliphatic carbocycles. The van der Waals surface area contributed by atoms with Gasteiger partial charge in [0.2, 0.25) is 5.71 Å². The molecule has 0 fully saturated rings. The zero-order valence-electron chi connectivity index (χ0n) is 11.8. The SMILES string of the molecule is CC.CC.Cc1cnc2oc(=O)n(C)c(=O)c2c1. The number of hydrogen-bond donors (Lipinski definition) is 0. The van der Waals surface area contributed by atoms with Crippen molar-refractivity contribution in [2.24, 2.45) is 7.05 Å². The van der Waals surface area contributed by atoms with Crippen LogP contribution in [0.1, 0.15) is 33.3 Å². The van der Waals surface area contributed by atoms with Gasteiger partial charge in [0.05, 0.1) is 0 Å². The number of hydrogen-bond acceptors (Lipinski definition) is 4. The summed E-state index contributed by atoms with van der Waals surface area (Å²) in [6.07, 6.45) is 1.55. The van der Waals surface area contributed by atoms with Gasteiger partial charge in [0.1, 0.15) is 5.39 Å².